The summed E-state index contributed by atoms with van der Waals surface area (Å²) in [6.07, 6.45) is 4.43. The number of hydrogen-bond acceptors (Lipinski definition) is 7. The second-order valence-electron chi connectivity index (χ2n) is 7.18. The van der Waals surface area contributed by atoms with Gasteiger partial charge in [0.2, 0.25) is 0 Å². The highest BCUT2D eigenvalue weighted by Crippen LogP contribution is 2.57. The summed E-state index contributed by atoms with van der Waals surface area (Å²) in [5, 5.41) is 38.6. The third-order valence-electron chi connectivity index (χ3n) is 6.00. The van der Waals surface area contributed by atoms with E-state index in [0.717, 1.165) is 24.8 Å². The number of nitriles is 3. The Kier molecular flexibility index (Phi) is 5.48. The first-order valence-corrected chi connectivity index (χ1v) is 9.33. The van der Waals surface area contributed by atoms with E-state index in [-0.39, 0.29) is 11.6 Å². The van der Waals surface area contributed by atoms with Crippen molar-refractivity contribution < 1.29 is 14.2 Å². The first kappa shape index (κ1) is 20.2. The van der Waals surface area contributed by atoms with E-state index in [9.17, 15) is 15.8 Å². The molecule has 0 heterocycles. The van der Waals surface area contributed by atoms with Gasteiger partial charge in [-0.05, 0) is 36.8 Å². The van der Waals surface area contributed by atoms with Gasteiger partial charge >= 0.3 is 0 Å². The molecule has 7 nitrogen and oxygen atoms in total. The van der Waals surface area contributed by atoms with E-state index < -0.39 is 17.3 Å². The summed E-state index contributed by atoms with van der Waals surface area (Å²) >= 11 is 0. The van der Waals surface area contributed by atoms with Gasteiger partial charge in [-0.2, -0.15) is 15.8 Å². The predicted octanol–water partition coefficient (Wildman–Crippen LogP) is 3.73. The molecule has 0 spiro atoms. The Balaban J connectivity index is 2.34. The van der Waals surface area contributed by atoms with Gasteiger partial charge in [-0.25, -0.2) is 0 Å². The molecule has 1 fully saturated rings. The van der Waals surface area contributed by atoms with Crippen molar-refractivity contribution in [3.05, 3.63) is 29.3 Å². The summed E-state index contributed by atoms with van der Waals surface area (Å²) in [5.41, 5.74) is -0.512. The molecule has 1 N–H and O–H groups in total. The van der Waals surface area contributed by atoms with Crippen LogP contribution in [-0.2, 0) is 0 Å². The Bertz CT molecular complexity index is 979. The molecule has 0 aromatic heterocycles. The van der Waals surface area contributed by atoms with Gasteiger partial charge in [0, 0.05) is 17.5 Å². The number of ether oxygens (including phenoxy) is 3. The van der Waals surface area contributed by atoms with Gasteiger partial charge in [-0.15, -0.1) is 0 Å². The molecule has 1 saturated carbocycles. The number of nitrogens with one attached hydrogen (secondary N) is 1. The second-order valence-corrected chi connectivity index (χ2v) is 7.18. The molecule has 1 aromatic rings. The van der Waals surface area contributed by atoms with Crippen molar-refractivity contribution in [3.63, 3.8) is 0 Å². The Morgan fingerprint density at radius 1 is 1.00 bits per heavy atom. The van der Waals surface area contributed by atoms with Crippen LogP contribution >= 0.6 is 0 Å². The predicted molar refractivity (Wildman–Crippen MR) is 105 cm³/mol. The Morgan fingerprint density at radius 2 is 1.62 bits per heavy atom. The van der Waals surface area contributed by atoms with Crippen molar-refractivity contribution in [2.24, 2.45) is 17.3 Å². The van der Waals surface area contributed by atoms with Crippen molar-refractivity contribution in [2.75, 3.05) is 21.3 Å². The smallest absolute Gasteiger partial charge is 0.189 e. The fraction of sp³-hybridized carbons (Fsp3) is 0.455. The highest BCUT2D eigenvalue weighted by atomic mass is 16.5. The Hall–Kier alpha value is -3.50. The second kappa shape index (κ2) is 7.86. The van der Waals surface area contributed by atoms with E-state index in [1.165, 1.54) is 21.3 Å². The molecule has 7 heteroatoms. The SMILES string of the molecule is COc1cc(OC)c([C@H]2[C@@H]3CCCC=C3[C@@H](C#N)C(=N)C2(C#N)C#N)cc1OC. The van der Waals surface area contributed by atoms with Crippen LogP contribution in [0.2, 0.25) is 0 Å². The van der Waals surface area contributed by atoms with Crippen LogP contribution < -0.4 is 14.2 Å². The topological polar surface area (TPSA) is 123 Å². The van der Waals surface area contributed by atoms with E-state index >= 15 is 0 Å². The number of methoxy groups -OCH3 is 3. The first-order chi connectivity index (χ1) is 14.0. The third-order valence-corrected chi connectivity index (χ3v) is 6.00. The van der Waals surface area contributed by atoms with E-state index in [2.05, 4.69) is 18.2 Å². The van der Waals surface area contributed by atoms with Crippen LogP contribution in [0.3, 0.4) is 0 Å². The zero-order valence-electron chi connectivity index (χ0n) is 16.7. The van der Waals surface area contributed by atoms with Crippen LogP contribution in [0.1, 0.15) is 30.7 Å². The molecular formula is C22H22N4O3. The van der Waals surface area contributed by atoms with Crippen molar-refractivity contribution >= 4 is 5.71 Å². The largest absolute Gasteiger partial charge is 0.496 e. The number of nitrogens with zero attached hydrogens (tertiary/aromatic N) is 3. The maximum Gasteiger partial charge on any atom is 0.189 e. The van der Waals surface area contributed by atoms with E-state index in [4.69, 9.17) is 19.6 Å². The molecule has 3 atom stereocenters. The quantitative estimate of drug-likeness (QED) is 0.781. The molecule has 2 aliphatic rings. The molecule has 0 amide bonds. The van der Waals surface area contributed by atoms with Crippen LogP contribution in [0.15, 0.2) is 23.8 Å². The van der Waals surface area contributed by atoms with Crippen LogP contribution in [-0.4, -0.2) is 27.0 Å². The summed E-state index contributed by atoms with van der Waals surface area (Å²) in [7, 11) is 4.53. The highest BCUT2D eigenvalue weighted by Gasteiger charge is 2.57. The van der Waals surface area contributed by atoms with Gasteiger partial charge in [-0.1, -0.05) is 6.08 Å². The number of fused-ring (bicyclic) bond motifs is 1. The zero-order chi connectivity index (χ0) is 21.2. The average Bonchev–Trinajstić information content (AvgIpc) is 2.77. The fourth-order valence-electron chi connectivity index (χ4n) is 4.65. The van der Waals surface area contributed by atoms with Gasteiger partial charge in [0.1, 0.15) is 11.7 Å². The molecule has 2 aliphatic carbocycles. The lowest BCUT2D eigenvalue weighted by Gasteiger charge is -2.46. The lowest BCUT2D eigenvalue weighted by molar-refractivity contribution is 0.303. The highest BCUT2D eigenvalue weighted by molar-refractivity contribution is 6.01. The van der Waals surface area contributed by atoms with E-state index in [1.54, 1.807) is 12.1 Å². The monoisotopic (exact) mass is 390 g/mol. The molecule has 29 heavy (non-hydrogen) atoms. The van der Waals surface area contributed by atoms with Crippen LogP contribution in [0, 0.1) is 56.7 Å². The van der Waals surface area contributed by atoms with E-state index in [1.807, 2.05) is 6.08 Å². The maximum absolute atomic E-state index is 10.1. The maximum atomic E-state index is 10.1. The summed E-state index contributed by atoms with van der Waals surface area (Å²) in [5.74, 6) is -0.362. The molecule has 3 rings (SSSR count). The van der Waals surface area contributed by atoms with Gasteiger partial charge in [0.05, 0.1) is 45.2 Å². The summed E-state index contributed by atoms with van der Waals surface area (Å²) in [6.45, 7) is 0. The van der Waals surface area contributed by atoms with Crippen molar-refractivity contribution in [3.8, 4) is 35.5 Å². The fourth-order valence-corrected chi connectivity index (χ4v) is 4.65. The van der Waals surface area contributed by atoms with Crippen LogP contribution in [0.5, 0.6) is 17.2 Å². The van der Waals surface area contributed by atoms with E-state index in [0.29, 0.717) is 22.8 Å². The van der Waals surface area contributed by atoms with Crippen molar-refractivity contribution in [1.82, 2.24) is 0 Å². The molecule has 1 aromatic carbocycles. The minimum atomic E-state index is -1.77. The molecule has 0 radical (unpaired) electrons. The standard InChI is InChI=1S/C22H22N4O3/c1-27-17-9-19(29-3)18(28-2)8-15(17)20-14-7-5-4-6-13(14)16(10-23)21(26)22(20,11-24)12-25/h6,8-9,14,16,20,26H,4-5,7H2,1-3H3/t14-,16-,20-/m1/s1. The normalized spacial score (nSPS) is 24.8. The summed E-state index contributed by atoms with van der Waals surface area (Å²) in [4.78, 5) is 0. The first-order valence-electron chi connectivity index (χ1n) is 9.33. The number of allylic oxidation sites excluding steroid dienone is 2. The number of hydrogen-bond donors (Lipinski definition) is 1. The van der Waals surface area contributed by atoms with Gasteiger partial charge in [0.25, 0.3) is 0 Å². The number of rotatable bonds is 4. The molecular weight excluding hydrogens is 368 g/mol. The Labute approximate surface area is 170 Å². The lowest BCUT2D eigenvalue weighted by Crippen LogP contribution is -2.48. The summed E-state index contributed by atoms with van der Waals surface area (Å²) in [6, 6.07) is 9.71. The summed E-state index contributed by atoms with van der Waals surface area (Å²) < 4.78 is 16.4. The molecule has 148 valence electrons. The van der Waals surface area contributed by atoms with Crippen LogP contribution in [0.4, 0.5) is 0 Å². The molecule has 0 unspecified atom stereocenters. The molecule has 0 bridgehead atoms. The molecule has 0 aliphatic heterocycles. The molecule has 0 saturated heterocycles. The van der Waals surface area contributed by atoms with Gasteiger partial charge in [-0.3, -0.25) is 0 Å². The average molecular weight is 390 g/mol. The number of benzene rings is 1. The minimum Gasteiger partial charge on any atom is -0.496 e. The van der Waals surface area contributed by atoms with Crippen LogP contribution in [0.25, 0.3) is 0 Å². The minimum absolute atomic E-state index is 0.170. The van der Waals surface area contributed by atoms with Gasteiger partial charge in [0.15, 0.2) is 16.9 Å². The van der Waals surface area contributed by atoms with Crippen molar-refractivity contribution in [1.29, 1.82) is 21.2 Å². The Morgan fingerprint density at radius 3 is 2.17 bits per heavy atom. The third kappa shape index (κ3) is 2.89. The van der Waals surface area contributed by atoms with Gasteiger partial charge < -0.3 is 19.6 Å². The zero-order valence-corrected chi connectivity index (χ0v) is 16.7. The van der Waals surface area contributed by atoms with Crippen molar-refractivity contribution in [2.45, 2.75) is 25.2 Å². The lowest BCUT2D eigenvalue weighted by atomic mass is 9.53.